The van der Waals surface area contributed by atoms with Crippen LogP contribution in [0.4, 0.5) is 0 Å². The van der Waals surface area contributed by atoms with Gasteiger partial charge in [-0.05, 0) is 37.0 Å². The summed E-state index contributed by atoms with van der Waals surface area (Å²) in [7, 11) is 0. The first-order chi connectivity index (χ1) is 9.95. The van der Waals surface area contributed by atoms with Crippen molar-refractivity contribution in [2.45, 2.75) is 58.0 Å². The van der Waals surface area contributed by atoms with Crippen molar-refractivity contribution >= 4 is 11.3 Å². The lowest BCUT2D eigenvalue weighted by Crippen LogP contribution is -2.25. The Morgan fingerprint density at radius 1 is 1.33 bits per heavy atom. The molecule has 1 saturated carbocycles. The van der Waals surface area contributed by atoms with Crippen molar-refractivity contribution in [3.8, 4) is 0 Å². The molecule has 3 rings (SSSR count). The smallest absolute Gasteiger partial charge is 0.114 e. The van der Waals surface area contributed by atoms with Crippen molar-refractivity contribution in [1.29, 1.82) is 0 Å². The number of rotatable bonds is 4. The van der Waals surface area contributed by atoms with E-state index in [4.69, 9.17) is 4.98 Å². The van der Waals surface area contributed by atoms with Crippen LogP contribution in [-0.4, -0.2) is 16.0 Å². The molecule has 0 aliphatic heterocycles. The zero-order chi connectivity index (χ0) is 15.0. The summed E-state index contributed by atoms with van der Waals surface area (Å²) in [6, 6.07) is 2.89. The van der Waals surface area contributed by atoms with Crippen LogP contribution >= 0.6 is 11.3 Å². The minimum atomic E-state index is 0.100. The van der Waals surface area contributed by atoms with Crippen molar-refractivity contribution in [2.75, 3.05) is 0 Å². The molecule has 0 spiro atoms. The second-order valence-corrected chi connectivity index (χ2v) is 7.82. The minimum absolute atomic E-state index is 0.100. The number of thiazole rings is 1. The molecule has 2 heterocycles. The highest BCUT2D eigenvalue weighted by Gasteiger charge is 2.29. The average Bonchev–Trinajstić information content (AvgIpc) is 3.09. The standard InChI is InChI=1S/C17H23N3S/c1-11-7-8-18-9-13(11)15(19-12-5-6-12)16-20-14(10-21-16)17(2,3)4/h7-10,12,15,19H,5-6H2,1-4H3. The Morgan fingerprint density at radius 2 is 2.10 bits per heavy atom. The number of hydrogen-bond acceptors (Lipinski definition) is 4. The fourth-order valence-corrected chi connectivity index (χ4v) is 3.44. The third kappa shape index (κ3) is 3.33. The van der Waals surface area contributed by atoms with Gasteiger partial charge in [0.05, 0.1) is 11.7 Å². The van der Waals surface area contributed by atoms with E-state index in [-0.39, 0.29) is 11.5 Å². The highest BCUT2D eigenvalue weighted by molar-refractivity contribution is 7.09. The summed E-state index contributed by atoms with van der Waals surface area (Å²) in [5, 5.41) is 7.09. The molecule has 1 aliphatic rings. The van der Waals surface area contributed by atoms with E-state index in [1.807, 2.05) is 12.4 Å². The number of aromatic nitrogens is 2. The van der Waals surface area contributed by atoms with Gasteiger partial charge in [-0.2, -0.15) is 0 Å². The fraction of sp³-hybridized carbons (Fsp3) is 0.529. The molecule has 1 aliphatic carbocycles. The van der Waals surface area contributed by atoms with Crippen molar-refractivity contribution in [1.82, 2.24) is 15.3 Å². The summed E-state index contributed by atoms with van der Waals surface area (Å²) in [6.45, 7) is 8.79. The van der Waals surface area contributed by atoms with Crippen LogP contribution in [0.1, 0.15) is 61.5 Å². The van der Waals surface area contributed by atoms with Gasteiger partial charge in [-0.3, -0.25) is 4.98 Å². The van der Waals surface area contributed by atoms with Gasteiger partial charge in [-0.1, -0.05) is 20.8 Å². The molecule has 1 atom stereocenters. The lowest BCUT2D eigenvalue weighted by Gasteiger charge is -2.19. The number of aryl methyl sites for hydroxylation is 1. The molecule has 3 nitrogen and oxygen atoms in total. The van der Waals surface area contributed by atoms with Gasteiger partial charge in [0.2, 0.25) is 0 Å². The second-order valence-electron chi connectivity index (χ2n) is 6.93. The van der Waals surface area contributed by atoms with Gasteiger partial charge in [0.15, 0.2) is 0 Å². The second kappa shape index (κ2) is 5.50. The first-order valence-electron chi connectivity index (χ1n) is 7.57. The maximum atomic E-state index is 4.91. The lowest BCUT2D eigenvalue weighted by atomic mass is 9.93. The lowest BCUT2D eigenvalue weighted by molar-refractivity contribution is 0.556. The molecule has 0 amide bonds. The van der Waals surface area contributed by atoms with E-state index in [0.29, 0.717) is 6.04 Å². The number of pyridine rings is 1. The minimum Gasteiger partial charge on any atom is -0.301 e. The molecule has 0 aromatic carbocycles. The van der Waals surface area contributed by atoms with Gasteiger partial charge in [0.25, 0.3) is 0 Å². The molecular formula is C17H23N3S. The Labute approximate surface area is 130 Å². The number of nitrogens with zero attached hydrogens (tertiary/aromatic N) is 2. The van der Waals surface area contributed by atoms with E-state index in [1.165, 1.54) is 29.7 Å². The Morgan fingerprint density at radius 3 is 2.67 bits per heavy atom. The summed E-state index contributed by atoms with van der Waals surface area (Å²) in [5.74, 6) is 0. The first kappa shape index (κ1) is 14.7. The molecule has 1 fully saturated rings. The van der Waals surface area contributed by atoms with Gasteiger partial charge in [-0.15, -0.1) is 11.3 Å². The van der Waals surface area contributed by atoms with Gasteiger partial charge < -0.3 is 5.32 Å². The highest BCUT2D eigenvalue weighted by atomic mass is 32.1. The largest absolute Gasteiger partial charge is 0.301 e. The monoisotopic (exact) mass is 301 g/mol. The SMILES string of the molecule is Cc1ccncc1C(NC1CC1)c1nc(C(C)(C)C)cs1. The molecule has 0 saturated heterocycles. The van der Waals surface area contributed by atoms with Crippen LogP contribution in [0.3, 0.4) is 0 Å². The van der Waals surface area contributed by atoms with Crippen LogP contribution in [0.25, 0.3) is 0 Å². The Bertz CT molecular complexity index is 623. The van der Waals surface area contributed by atoms with Crippen LogP contribution in [0.2, 0.25) is 0 Å². The molecular weight excluding hydrogens is 278 g/mol. The van der Waals surface area contributed by atoms with Crippen molar-refractivity contribution in [2.24, 2.45) is 0 Å². The predicted octanol–water partition coefficient (Wildman–Crippen LogP) is 3.99. The Kier molecular flexibility index (Phi) is 3.84. The van der Waals surface area contributed by atoms with Crippen molar-refractivity contribution in [3.63, 3.8) is 0 Å². The molecule has 21 heavy (non-hydrogen) atoms. The molecule has 1 unspecified atom stereocenters. The highest BCUT2D eigenvalue weighted by Crippen LogP contribution is 2.33. The van der Waals surface area contributed by atoms with E-state index in [2.05, 4.69) is 49.4 Å². The van der Waals surface area contributed by atoms with Crippen molar-refractivity contribution < 1.29 is 0 Å². The van der Waals surface area contributed by atoms with E-state index in [1.54, 1.807) is 11.3 Å². The average molecular weight is 301 g/mol. The summed E-state index contributed by atoms with van der Waals surface area (Å²) < 4.78 is 0. The Hall–Kier alpha value is -1.26. The fourth-order valence-electron chi connectivity index (χ4n) is 2.32. The van der Waals surface area contributed by atoms with Crippen LogP contribution < -0.4 is 5.32 Å². The number of nitrogens with one attached hydrogen (secondary N) is 1. The van der Waals surface area contributed by atoms with E-state index >= 15 is 0 Å². The summed E-state index contributed by atoms with van der Waals surface area (Å²) in [5.41, 5.74) is 3.80. The van der Waals surface area contributed by atoms with Gasteiger partial charge in [0, 0.05) is 29.2 Å². The third-order valence-corrected chi connectivity index (χ3v) is 4.82. The molecule has 0 bridgehead atoms. The topological polar surface area (TPSA) is 37.8 Å². The van der Waals surface area contributed by atoms with Crippen LogP contribution in [0, 0.1) is 6.92 Å². The van der Waals surface area contributed by atoms with E-state index in [0.717, 1.165) is 5.01 Å². The molecule has 2 aromatic rings. The van der Waals surface area contributed by atoms with E-state index < -0.39 is 0 Å². The van der Waals surface area contributed by atoms with Gasteiger partial charge >= 0.3 is 0 Å². The van der Waals surface area contributed by atoms with Gasteiger partial charge in [-0.25, -0.2) is 4.98 Å². The quantitative estimate of drug-likeness (QED) is 0.928. The van der Waals surface area contributed by atoms with Crippen LogP contribution in [0.5, 0.6) is 0 Å². The third-order valence-electron chi connectivity index (χ3n) is 3.91. The zero-order valence-electron chi connectivity index (χ0n) is 13.2. The Balaban J connectivity index is 1.96. The van der Waals surface area contributed by atoms with Crippen LogP contribution in [-0.2, 0) is 5.41 Å². The van der Waals surface area contributed by atoms with E-state index in [9.17, 15) is 0 Å². The summed E-state index contributed by atoms with van der Waals surface area (Å²) >= 11 is 1.76. The first-order valence-corrected chi connectivity index (χ1v) is 8.45. The maximum absolute atomic E-state index is 4.91. The van der Waals surface area contributed by atoms with Crippen LogP contribution in [0.15, 0.2) is 23.8 Å². The van der Waals surface area contributed by atoms with Crippen molar-refractivity contribution in [3.05, 3.63) is 45.7 Å². The normalized spacial score (nSPS) is 17.0. The molecule has 2 aromatic heterocycles. The molecule has 112 valence electrons. The predicted molar refractivity (Wildman–Crippen MR) is 87.8 cm³/mol. The summed E-state index contributed by atoms with van der Waals surface area (Å²) in [4.78, 5) is 9.22. The van der Waals surface area contributed by atoms with Gasteiger partial charge in [0.1, 0.15) is 5.01 Å². The molecule has 1 N–H and O–H groups in total. The molecule has 0 radical (unpaired) electrons. The molecule has 4 heteroatoms. The summed E-state index contributed by atoms with van der Waals surface area (Å²) in [6.07, 6.45) is 6.38. The maximum Gasteiger partial charge on any atom is 0.114 e. The number of hydrogen-bond donors (Lipinski definition) is 1. The zero-order valence-corrected chi connectivity index (χ0v) is 14.0.